The molecule has 2 aromatic carbocycles. The van der Waals surface area contributed by atoms with Crippen LogP contribution in [-0.2, 0) is 9.53 Å². The molecule has 0 aliphatic heterocycles. The lowest BCUT2D eigenvalue weighted by molar-refractivity contribution is -0.123. The zero-order chi connectivity index (χ0) is 23.2. The molecule has 0 saturated heterocycles. The van der Waals surface area contributed by atoms with Gasteiger partial charge in [0.25, 0.3) is 0 Å². The van der Waals surface area contributed by atoms with Gasteiger partial charge >= 0.3 is 5.97 Å². The normalized spacial score (nSPS) is 11.9. The van der Waals surface area contributed by atoms with Crippen LogP contribution in [0.5, 0.6) is 11.5 Å². The van der Waals surface area contributed by atoms with E-state index in [1.54, 1.807) is 36.4 Å². The second-order valence-corrected chi connectivity index (χ2v) is 7.99. The molecule has 0 fully saturated rings. The number of Topliss-reactive ketones (excluding diaryl/α,β-unsaturated/α-hetero) is 1. The monoisotopic (exact) mass is 427 g/mol. The molecule has 0 heterocycles. The van der Waals surface area contributed by atoms with Gasteiger partial charge in [-0.1, -0.05) is 20.8 Å². The molecular formula is C24H29NO6. The van der Waals surface area contributed by atoms with Crippen LogP contribution in [-0.4, -0.2) is 37.5 Å². The van der Waals surface area contributed by atoms with Crippen molar-refractivity contribution in [1.29, 1.82) is 0 Å². The number of amides is 1. The third-order valence-corrected chi connectivity index (χ3v) is 4.46. The highest BCUT2D eigenvalue weighted by Gasteiger charge is 2.23. The number of ketones is 1. The molecule has 7 nitrogen and oxygen atoms in total. The number of hydrogen-bond donors (Lipinski definition) is 1. The van der Waals surface area contributed by atoms with E-state index in [0.29, 0.717) is 29.4 Å². The first-order chi connectivity index (χ1) is 14.6. The molecule has 0 saturated carbocycles. The van der Waals surface area contributed by atoms with E-state index in [9.17, 15) is 14.4 Å². The highest BCUT2D eigenvalue weighted by atomic mass is 16.5. The van der Waals surface area contributed by atoms with Crippen molar-refractivity contribution >= 4 is 23.3 Å². The molecule has 0 aromatic heterocycles. The summed E-state index contributed by atoms with van der Waals surface area (Å²) in [4.78, 5) is 37.2. The van der Waals surface area contributed by atoms with E-state index in [4.69, 9.17) is 14.2 Å². The number of methoxy groups -OCH3 is 1. The van der Waals surface area contributed by atoms with Crippen molar-refractivity contribution in [1.82, 2.24) is 0 Å². The molecule has 0 radical (unpaired) electrons. The zero-order valence-electron chi connectivity index (χ0n) is 18.8. The van der Waals surface area contributed by atoms with Crippen LogP contribution < -0.4 is 14.8 Å². The summed E-state index contributed by atoms with van der Waals surface area (Å²) in [5.41, 5.74) is 0.682. The van der Waals surface area contributed by atoms with Crippen LogP contribution >= 0.6 is 0 Å². The highest BCUT2D eigenvalue weighted by Crippen LogP contribution is 2.28. The number of carbonyl (C=O) groups excluding carboxylic acids is 3. The molecule has 0 bridgehead atoms. The van der Waals surface area contributed by atoms with Gasteiger partial charge in [0.05, 0.1) is 19.3 Å². The number of esters is 1. The first kappa shape index (κ1) is 23.9. The zero-order valence-corrected chi connectivity index (χ0v) is 18.8. The first-order valence-corrected chi connectivity index (χ1v) is 10.0. The summed E-state index contributed by atoms with van der Waals surface area (Å²) in [6, 6.07) is 11.1. The molecule has 1 N–H and O–H groups in total. The predicted octanol–water partition coefficient (Wildman–Crippen LogP) is 4.51. The predicted molar refractivity (Wildman–Crippen MR) is 118 cm³/mol. The van der Waals surface area contributed by atoms with E-state index in [-0.39, 0.29) is 17.3 Å². The van der Waals surface area contributed by atoms with Crippen molar-refractivity contribution in [2.45, 2.75) is 40.7 Å². The molecule has 31 heavy (non-hydrogen) atoms. The molecule has 0 spiro atoms. The number of carbonyl (C=O) groups is 3. The van der Waals surface area contributed by atoms with Gasteiger partial charge in [-0.25, -0.2) is 4.79 Å². The minimum atomic E-state index is -0.986. The Hall–Kier alpha value is -3.35. The maximum absolute atomic E-state index is 12.7. The van der Waals surface area contributed by atoms with Gasteiger partial charge in [0, 0.05) is 16.7 Å². The molecule has 1 unspecified atom stereocenters. The minimum Gasteiger partial charge on any atom is -0.493 e. The fourth-order valence-electron chi connectivity index (χ4n) is 2.62. The van der Waals surface area contributed by atoms with E-state index in [2.05, 4.69) is 5.32 Å². The maximum atomic E-state index is 12.7. The van der Waals surface area contributed by atoms with Crippen LogP contribution in [0.3, 0.4) is 0 Å². The lowest BCUT2D eigenvalue weighted by Crippen LogP contribution is -2.27. The standard InChI is InChI=1S/C24H29NO6/c1-7-30-19-13-10-17(14-20(19)29-6)22(27)31-15(2)21(26)16-8-11-18(12-9-16)25-23(28)24(3,4)5/h8-15H,7H2,1-6H3,(H,25,28). The third-order valence-electron chi connectivity index (χ3n) is 4.46. The average molecular weight is 427 g/mol. The van der Waals surface area contributed by atoms with Gasteiger partial charge in [-0.15, -0.1) is 0 Å². The molecule has 2 rings (SSSR count). The Kier molecular flexibility index (Phi) is 7.80. The number of anilines is 1. The van der Waals surface area contributed by atoms with E-state index in [1.165, 1.54) is 20.1 Å². The second kappa shape index (κ2) is 10.1. The summed E-state index contributed by atoms with van der Waals surface area (Å²) in [5, 5.41) is 2.80. The Labute approximate surface area is 182 Å². The maximum Gasteiger partial charge on any atom is 0.338 e. The average Bonchev–Trinajstić information content (AvgIpc) is 2.73. The third kappa shape index (κ3) is 6.31. The largest absolute Gasteiger partial charge is 0.493 e. The van der Waals surface area contributed by atoms with E-state index in [1.807, 2.05) is 27.7 Å². The lowest BCUT2D eigenvalue weighted by atomic mass is 9.95. The summed E-state index contributed by atoms with van der Waals surface area (Å²) >= 11 is 0. The van der Waals surface area contributed by atoms with Gasteiger partial charge < -0.3 is 19.5 Å². The summed E-state index contributed by atoms with van der Waals surface area (Å²) in [6.45, 7) is 9.27. The number of benzene rings is 2. The molecule has 0 aliphatic rings. The van der Waals surface area contributed by atoms with Crippen LogP contribution in [0.1, 0.15) is 55.3 Å². The second-order valence-electron chi connectivity index (χ2n) is 7.99. The van der Waals surface area contributed by atoms with E-state index >= 15 is 0 Å². The fraction of sp³-hybridized carbons (Fsp3) is 0.375. The van der Waals surface area contributed by atoms with Crippen molar-refractivity contribution in [3.8, 4) is 11.5 Å². The van der Waals surface area contributed by atoms with Gasteiger partial charge in [-0.05, 0) is 56.3 Å². The van der Waals surface area contributed by atoms with Crippen molar-refractivity contribution in [2.24, 2.45) is 5.41 Å². The van der Waals surface area contributed by atoms with Gasteiger partial charge in [-0.2, -0.15) is 0 Å². The topological polar surface area (TPSA) is 90.9 Å². The Morgan fingerprint density at radius 2 is 1.58 bits per heavy atom. The molecule has 1 atom stereocenters. The van der Waals surface area contributed by atoms with Crippen molar-refractivity contribution in [3.63, 3.8) is 0 Å². The Morgan fingerprint density at radius 1 is 0.968 bits per heavy atom. The van der Waals surface area contributed by atoms with E-state index < -0.39 is 17.5 Å². The van der Waals surface area contributed by atoms with Crippen LogP contribution in [0.25, 0.3) is 0 Å². The number of rotatable bonds is 8. The van der Waals surface area contributed by atoms with Gasteiger partial charge in [-0.3, -0.25) is 9.59 Å². The fourth-order valence-corrected chi connectivity index (χ4v) is 2.62. The highest BCUT2D eigenvalue weighted by molar-refractivity contribution is 6.02. The number of hydrogen-bond acceptors (Lipinski definition) is 6. The van der Waals surface area contributed by atoms with Crippen molar-refractivity contribution < 1.29 is 28.6 Å². The summed E-state index contributed by atoms with van der Waals surface area (Å²) in [7, 11) is 1.48. The van der Waals surface area contributed by atoms with Crippen LogP contribution in [0.4, 0.5) is 5.69 Å². The van der Waals surface area contributed by atoms with Gasteiger partial charge in [0.2, 0.25) is 11.7 Å². The smallest absolute Gasteiger partial charge is 0.338 e. The molecule has 1 amide bonds. The molecule has 2 aromatic rings. The van der Waals surface area contributed by atoms with E-state index in [0.717, 1.165) is 0 Å². The molecule has 0 aliphatic carbocycles. The quantitative estimate of drug-likeness (QED) is 0.492. The summed E-state index contributed by atoms with van der Waals surface area (Å²) in [6.07, 6.45) is -0.986. The minimum absolute atomic E-state index is 0.125. The van der Waals surface area contributed by atoms with Crippen molar-refractivity contribution in [2.75, 3.05) is 19.0 Å². The molecular weight excluding hydrogens is 398 g/mol. The van der Waals surface area contributed by atoms with Crippen LogP contribution in [0.15, 0.2) is 42.5 Å². The molecule has 7 heteroatoms. The lowest BCUT2D eigenvalue weighted by Gasteiger charge is -2.18. The number of nitrogens with one attached hydrogen (secondary N) is 1. The van der Waals surface area contributed by atoms with Crippen molar-refractivity contribution in [3.05, 3.63) is 53.6 Å². The number of ether oxygens (including phenoxy) is 3. The molecule has 166 valence electrons. The van der Waals surface area contributed by atoms with Gasteiger partial charge in [0.1, 0.15) is 0 Å². The summed E-state index contributed by atoms with van der Waals surface area (Å²) in [5.74, 6) is -0.191. The Balaban J connectivity index is 2.05. The summed E-state index contributed by atoms with van der Waals surface area (Å²) < 4.78 is 16.0. The Bertz CT molecular complexity index is 944. The SMILES string of the molecule is CCOc1ccc(C(=O)OC(C)C(=O)c2ccc(NC(=O)C(C)(C)C)cc2)cc1OC. The van der Waals surface area contributed by atoms with Crippen LogP contribution in [0.2, 0.25) is 0 Å². The Morgan fingerprint density at radius 3 is 2.13 bits per heavy atom. The van der Waals surface area contributed by atoms with Gasteiger partial charge in [0.15, 0.2) is 17.6 Å². The first-order valence-electron chi connectivity index (χ1n) is 10.0. The van der Waals surface area contributed by atoms with Crippen LogP contribution in [0, 0.1) is 5.41 Å².